The van der Waals surface area contributed by atoms with E-state index in [1.54, 1.807) is 13.3 Å². The number of ether oxygens (including phenoxy) is 1. The molecule has 0 unspecified atom stereocenters. The van der Waals surface area contributed by atoms with Crippen molar-refractivity contribution in [1.29, 1.82) is 0 Å². The molecule has 1 aromatic heterocycles. The van der Waals surface area contributed by atoms with Crippen LogP contribution in [-0.2, 0) is 16.0 Å². The Morgan fingerprint density at radius 1 is 1.40 bits per heavy atom. The van der Waals surface area contributed by atoms with Crippen LogP contribution in [0.2, 0.25) is 0 Å². The number of pyridine rings is 1. The average Bonchev–Trinajstić information content (AvgIpc) is 2.28. The van der Waals surface area contributed by atoms with Crippen molar-refractivity contribution in [3.8, 4) is 0 Å². The highest BCUT2D eigenvalue weighted by molar-refractivity contribution is 5.78. The van der Waals surface area contributed by atoms with Gasteiger partial charge >= 0.3 is 0 Å². The lowest BCUT2D eigenvalue weighted by Gasteiger charge is -2.00. The van der Waals surface area contributed by atoms with Gasteiger partial charge in [0.05, 0.1) is 0 Å². The van der Waals surface area contributed by atoms with Gasteiger partial charge in [-0.05, 0) is 25.0 Å². The Labute approximate surface area is 90.5 Å². The lowest BCUT2D eigenvalue weighted by atomic mass is 10.1. The number of nitrogens with zero attached hydrogens (tertiary/aromatic N) is 1. The Bertz CT molecular complexity index is 285. The Morgan fingerprint density at radius 2 is 2.27 bits per heavy atom. The molecule has 0 aliphatic carbocycles. The summed E-state index contributed by atoms with van der Waals surface area (Å²) in [5.41, 5.74) is 0.984. The van der Waals surface area contributed by atoms with E-state index in [1.165, 1.54) is 0 Å². The summed E-state index contributed by atoms with van der Waals surface area (Å²) in [7, 11) is 1.65. The highest BCUT2D eigenvalue weighted by Crippen LogP contribution is 2.02. The quantitative estimate of drug-likeness (QED) is 0.642. The number of ketones is 1. The van der Waals surface area contributed by atoms with E-state index in [0.717, 1.165) is 18.5 Å². The third kappa shape index (κ3) is 5.27. The van der Waals surface area contributed by atoms with Gasteiger partial charge in [-0.3, -0.25) is 9.78 Å². The minimum atomic E-state index is 0.290. The van der Waals surface area contributed by atoms with Crippen molar-refractivity contribution >= 4 is 5.78 Å². The van der Waals surface area contributed by atoms with Crippen LogP contribution >= 0.6 is 0 Å². The number of carbonyl (C=O) groups excluding carboxylic acids is 1. The predicted octanol–water partition coefficient (Wildman–Crippen LogP) is 2.01. The van der Waals surface area contributed by atoms with Crippen molar-refractivity contribution in [2.24, 2.45) is 0 Å². The number of hydrogen-bond donors (Lipinski definition) is 0. The van der Waals surface area contributed by atoms with Crippen LogP contribution < -0.4 is 0 Å². The van der Waals surface area contributed by atoms with Crippen LogP contribution in [0.15, 0.2) is 24.4 Å². The first-order chi connectivity index (χ1) is 7.33. The van der Waals surface area contributed by atoms with Crippen LogP contribution in [-0.4, -0.2) is 24.5 Å². The van der Waals surface area contributed by atoms with E-state index in [4.69, 9.17) is 4.74 Å². The minimum absolute atomic E-state index is 0.290. The van der Waals surface area contributed by atoms with Crippen molar-refractivity contribution < 1.29 is 9.53 Å². The fraction of sp³-hybridized carbons (Fsp3) is 0.500. The number of rotatable bonds is 7. The molecule has 1 rings (SSSR count). The van der Waals surface area contributed by atoms with E-state index in [0.29, 0.717) is 19.4 Å². The van der Waals surface area contributed by atoms with Gasteiger partial charge in [0, 0.05) is 38.4 Å². The third-order valence-electron chi connectivity index (χ3n) is 2.19. The molecule has 0 radical (unpaired) electrons. The van der Waals surface area contributed by atoms with Crippen LogP contribution in [0.3, 0.4) is 0 Å². The maximum absolute atomic E-state index is 11.4. The van der Waals surface area contributed by atoms with Crippen molar-refractivity contribution in [2.75, 3.05) is 13.7 Å². The van der Waals surface area contributed by atoms with Crippen LogP contribution in [0.4, 0.5) is 0 Å². The molecule has 0 spiro atoms. The third-order valence-corrected chi connectivity index (χ3v) is 2.19. The molecule has 0 aliphatic heterocycles. The summed E-state index contributed by atoms with van der Waals surface area (Å²) in [4.78, 5) is 15.6. The summed E-state index contributed by atoms with van der Waals surface area (Å²) in [6.45, 7) is 0.662. The van der Waals surface area contributed by atoms with Gasteiger partial charge in [0.25, 0.3) is 0 Å². The standard InChI is InChI=1S/C12H17NO2/c1-15-10-4-6-12(14)8-7-11-5-2-3-9-13-11/h2-3,5,9H,4,6-8,10H2,1H3. The second-order valence-electron chi connectivity index (χ2n) is 3.46. The normalized spacial score (nSPS) is 10.2. The van der Waals surface area contributed by atoms with Crippen LogP contribution in [0.25, 0.3) is 0 Å². The topological polar surface area (TPSA) is 39.2 Å². The predicted molar refractivity (Wildman–Crippen MR) is 58.7 cm³/mol. The SMILES string of the molecule is COCCCC(=O)CCc1ccccn1. The zero-order valence-corrected chi connectivity index (χ0v) is 9.11. The Hall–Kier alpha value is -1.22. The number of methoxy groups -OCH3 is 1. The molecule has 82 valence electrons. The molecule has 1 aromatic rings. The lowest BCUT2D eigenvalue weighted by Crippen LogP contribution is -2.02. The minimum Gasteiger partial charge on any atom is -0.385 e. The van der Waals surface area contributed by atoms with E-state index in [9.17, 15) is 4.79 Å². The smallest absolute Gasteiger partial charge is 0.133 e. The summed E-state index contributed by atoms with van der Waals surface area (Å²) in [6.07, 6.45) is 4.51. The molecule has 0 saturated carbocycles. The molecule has 3 nitrogen and oxygen atoms in total. The van der Waals surface area contributed by atoms with Crippen molar-refractivity contribution in [3.05, 3.63) is 30.1 Å². The number of aryl methyl sites for hydroxylation is 1. The summed E-state index contributed by atoms with van der Waals surface area (Å²) in [5.74, 6) is 0.290. The van der Waals surface area contributed by atoms with Gasteiger partial charge in [-0.1, -0.05) is 6.07 Å². The van der Waals surface area contributed by atoms with E-state index >= 15 is 0 Å². The highest BCUT2D eigenvalue weighted by atomic mass is 16.5. The molecule has 0 N–H and O–H groups in total. The zero-order chi connectivity index (χ0) is 10.9. The Morgan fingerprint density at radius 3 is 2.93 bits per heavy atom. The summed E-state index contributed by atoms with van der Waals surface area (Å²) >= 11 is 0. The fourth-order valence-electron chi connectivity index (χ4n) is 1.35. The number of Topliss-reactive ketones (excluding diaryl/α,β-unsaturated/α-hetero) is 1. The van der Waals surface area contributed by atoms with Crippen LogP contribution in [0.1, 0.15) is 25.0 Å². The molecule has 0 atom stereocenters. The highest BCUT2D eigenvalue weighted by Gasteiger charge is 2.02. The molecule has 0 amide bonds. The first-order valence-electron chi connectivity index (χ1n) is 5.23. The van der Waals surface area contributed by atoms with Gasteiger partial charge in [-0.25, -0.2) is 0 Å². The van der Waals surface area contributed by atoms with Crippen molar-refractivity contribution in [1.82, 2.24) is 4.98 Å². The summed E-state index contributed by atoms with van der Waals surface area (Å²) in [6, 6.07) is 5.77. The van der Waals surface area contributed by atoms with E-state index in [2.05, 4.69) is 4.98 Å². The van der Waals surface area contributed by atoms with Gasteiger partial charge < -0.3 is 4.74 Å². The summed E-state index contributed by atoms with van der Waals surface area (Å²) < 4.78 is 4.89. The summed E-state index contributed by atoms with van der Waals surface area (Å²) in [5, 5.41) is 0. The average molecular weight is 207 g/mol. The van der Waals surface area contributed by atoms with Crippen molar-refractivity contribution in [3.63, 3.8) is 0 Å². The van der Waals surface area contributed by atoms with Gasteiger partial charge in [0.2, 0.25) is 0 Å². The van der Waals surface area contributed by atoms with E-state index < -0.39 is 0 Å². The number of hydrogen-bond acceptors (Lipinski definition) is 3. The van der Waals surface area contributed by atoms with E-state index in [-0.39, 0.29) is 5.78 Å². The molecule has 0 aromatic carbocycles. The number of carbonyl (C=O) groups is 1. The van der Waals surface area contributed by atoms with Crippen LogP contribution in [0, 0.1) is 0 Å². The second-order valence-corrected chi connectivity index (χ2v) is 3.46. The molecular formula is C12H17NO2. The Kier molecular flexibility index (Phi) is 5.63. The van der Waals surface area contributed by atoms with Gasteiger partial charge in [0.1, 0.15) is 5.78 Å². The lowest BCUT2D eigenvalue weighted by molar-refractivity contribution is -0.119. The molecule has 0 fully saturated rings. The fourth-order valence-corrected chi connectivity index (χ4v) is 1.35. The van der Waals surface area contributed by atoms with Crippen LogP contribution in [0.5, 0.6) is 0 Å². The first kappa shape index (κ1) is 11.9. The van der Waals surface area contributed by atoms with Crippen molar-refractivity contribution in [2.45, 2.75) is 25.7 Å². The van der Waals surface area contributed by atoms with Gasteiger partial charge in [-0.15, -0.1) is 0 Å². The molecule has 0 bridgehead atoms. The zero-order valence-electron chi connectivity index (χ0n) is 9.11. The molecule has 1 heterocycles. The molecule has 3 heteroatoms. The second kappa shape index (κ2) is 7.12. The Balaban J connectivity index is 2.17. The van der Waals surface area contributed by atoms with E-state index in [1.807, 2.05) is 18.2 Å². The molecular weight excluding hydrogens is 190 g/mol. The molecule has 15 heavy (non-hydrogen) atoms. The number of aromatic nitrogens is 1. The largest absolute Gasteiger partial charge is 0.385 e. The maximum atomic E-state index is 11.4. The molecule has 0 aliphatic rings. The molecule has 0 saturated heterocycles. The monoisotopic (exact) mass is 207 g/mol. The maximum Gasteiger partial charge on any atom is 0.133 e. The van der Waals surface area contributed by atoms with Gasteiger partial charge in [-0.2, -0.15) is 0 Å². The first-order valence-corrected chi connectivity index (χ1v) is 5.23. The van der Waals surface area contributed by atoms with Gasteiger partial charge in [0.15, 0.2) is 0 Å².